The van der Waals surface area contributed by atoms with Crippen LogP contribution < -0.4 is 10.1 Å². The summed E-state index contributed by atoms with van der Waals surface area (Å²) >= 11 is 0. The Morgan fingerprint density at radius 2 is 2.29 bits per heavy atom. The second-order valence-electron chi connectivity index (χ2n) is 5.01. The summed E-state index contributed by atoms with van der Waals surface area (Å²) in [5.41, 5.74) is 1.35. The molecule has 1 saturated heterocycles. The maximum atomic E-state index is 5.45. The van der Waals surface area contributed by atoms with Gasteiger partial charge in [-0.1, -0.05) is 12.1 Å². The van der Waals surface area contributed by atoms with Crippen LogP contribution in [0.15, 0.2) is 24.3 Å². The quantitative estimate of drug-likeness (QED) is 0.870. The first-order chi connectivity index (χ1) is 8.13. The summed E-state index contributed by atoms with van der Waals surface area (Å²) in [7, 11) is 1.70. The molecule has 1 heterocycles. The van der Waals surface area contributed by atoms with E-state index in [4.69, 9.17) is 9.47 Å². The van der Waals surface area contributed by atoms with E-state index in [0.717, 1.165) is 25.4 Å². The SMILES string of the molecule is COc1cccc([C@H](C)N[C@]2(C)CCOC2)c1. The molecule has 1 aromatic carbocycles. The molecule has 2 atom stereocenters. The summed E-state index contributed by atoms with van der Waals surface area (Å²) in [4.78, 5) is 0. The monoisotopic (exact) mass is 235 g/mol. The molecule has 1 N–H and O–H groups in total. The van der Waals surface area contributed by atoms with Gasteiger partial charge in [-0.25, -0.2) is 0 Å². The number of rotatable bonds is 4. The lowest BCUT2D eigenvalue weighted by atomic mass is 9.98. The number of ether oxygens (including phenoxy) is 2. The molecule has 0 unspecified atom stereocenters. The third kappa shape index (κ3) is 2.99. The Hall–Kier alpha value is -1.06. The fourth-order valence-electron chi connectivity index (χ4n) is 2.30. The fraction of sp³-hybridized carbons (Fsp3) is 0.571. The molecule has 0 radical (unpaired) electrons. The van der Waals surface area contributed by atoms with Crippen molar-refractivity contribution in [1.82, 2.24) is 5.32 Å². The molecule has 0 aromatic heterocycles. The summed E-state index contributed by atoms with van der Waals surface area (Å²) in [6.07, 6.45) is 1.07. The minimum Gasteiger partial charge on any atom is -0.497 e. The highest BCUT2D eigenvalue weighted by atomic mass is 16.5. The first-order valence-corrected chi connectivity index (χ1v) is 6.12. The number of nitrogens with one attached hydrogen (secondary N) is 1. The molecule has 94 valence electrons. The largest absolute Gasteiger partial charge is 0.497 e. The Kier molecular flexibility index (Phi) is 3.69. The van der Waals surface area contributed by atoms with Gasteiger partial charge in [0, 0.05) is 18.2 Å². The molecule has 0 saturated carbocycles. The highest BCUT2D eigenvalue weighted by Crippen LogP contribution is 2.24. The van der Waals surface area contributed by atoms with Gasteiger partial charge in [-0.05, 0) is 38.0 Å². The first kappa shape index (κ1) is 12.4. The van der Waals surface area contributed by atoms with Crippen LogP contribution in [0.5, 0.6) is 5.75 Å². The normalized spacial score (nSPS) is 25.8. The van der Waals surface area contributed by atoms with E-state index in [-0.39, 0.29) is 5.54 Å². The maximum absolute atomic E-state index is 5.45. The summed E-state index contributed by atoms with van der Waals surface area (Å²) in [5, 5.41) is 3.64. The van der Waals surface area contributed by atoms with Gasteiger partial charge in [0.2, 0.25) is 0 Å². The molecule has 1 aliphatic rings. The van der Waals surface area contributed by atoms with Gasteiger partial charge < -0.3 is 14.8 Å². The molecule has 1 aromatic rings. The summed E-state index contributed by atoms with van der Waals surface area (Å²) < 4.78 is 10.7. The Morgan fingerprint density at radius 1 is 1.47 bits per heavy atom. The van der Waals surface area contributed by atoms with Gasteiger partial charge in [0.25, 0.3) is 0 Å². The zero-order valence-electron chi connectivity index (χ0n) is 10.8. The molecule has 0 amide bonds. The lowest BCUT2D eigenvalue weighted by molar-refractivity contribution is 0.167. The van der Waals surface area contributed by atoms with Gasteiger partial charge in [-0.3, -0.25) is 0 Å². The van der Waals surface area contributed by atoms with E-state index in [9.17, 15) is 0 Å². The van der Waals surface area contributed by atoms with Crippen LogP contribution in [-0.4, -0.2) is 25.9 Å². The Bertz CT molecular complexity index is 372. The van der Waals surface area contributed by atoms with E-state index in [1.165, 1.54) is 5.56 Å². The van der Waals surface area contributed by atoms with Crippen LogP contribution >= 0.6 is 0 Å². The van der Waals surface area contributed by atoms with Crippen molar-refractivity contribution in [2.75, 3.05) is 20.3 Å². The third-order valence-corrected chi connectivity index (χ3v) is 3.38. The van der Waals surface area contributed by atoms with E-state index in [1.54, 1.807) is 7.11 Å². The first-order valence-electron chi connectivity index (χ1n) is 6.12. The maximum Gasteiger partial charge on any atom is 0.119 e. The van der Waals surface area contributed by atoms with Crippen molar-refractivity contribution in [2.45, 2.75) is 31.8 Å². The van der Waals surface area contributed by atoms with Crippen LogP contribution in [0.1, 0.15) is 31.9 Å². The fourth-order valence-corrected chi connectivity index (χ4v) is 2.30. The van der Waals surface area contributed by atoms with E-state index < -0.39 is 0 Å². The zero-order chi connectivity index (χ0) is 12.3. The molecule has 3 nitrogen and oxygen atoms in total. The molecule has 17 heavy (non-hydrogen) atoms. The van der Waals surface area contributed by atoms with Crippen LogP contribution in [0.2, 0.25) is 0 Å². The Labute approximate surface area is 103 Å². The van der Waals surface area contributed by atoms with E-state index >= 15 is 0 Å². The van der Waals surface area contributed by atoms with Crippen molar-refractivity contribution in [3.05, 3.63) is 29.8 Å². The van der Waals surface area contributed by atoms with Gasteiger partial charge in [-0.2, -0.15) is 0 Å². The van der Waals surface area contributed by atoms with Crippen LogP contribution in [0.3, 0.4) is 0 Å². The van der Waals surface area contributed by atoms with Gasteiger partial charge in [0.1, 0.15) is 5.75 Å². The van der Waals surface area contributed by atoms with Gasteiger partial charge in [0.05, 0.1) is 13.7 Å². The van der Waals surface area contributed by atoms with Crippen LogP contribution in [-0.2, 0) is 4.74 Å². The van der Waals surface area contributed by atoms with Crippen LogP contribution in [0.25, 0.3) is 0 Å². The van der Waals surface area contributed by atoms with Crippen molar-refractivity contribution in [2.24, 2.45) is 0 Å². The minimum atomic E-state index is 0.0997. The number of benzene rings is 1. The average Bonchev–Trinajstić information content (AvgIpc) is 2.76. The predicted octanol–water partition coefficient (Wildman–Crippen LogP) is 2.52. The zero-order valence-corrected chi connectivity index (χ0v) is 10.8. The standard InChI is InChI=1S/C14H21NO2/c1-11(15-14(2)7-8-17-10-14)12-5-4-6-13(9-12)16-3/h4-6,9,11,15H,7-8,10H2,1-3H3/t11-,14+/m0/s1. The van der Waals surface area contributed by atoms with E-state index in [1.807, 2.05) is 12.1 Å². The molecular weight excluding hydrogens is 214 g/mol. The predicted molar refractivity (Wildman–Crippen MR) is 68.4 cm³/mol. The van der Waals surface area contributed by atoms with Gasteiger partial charge >= 0.3 is 0 Å². The number of hydrogen-bond donors (Lipinski definition) is 1. The average molecular weight is 235 g/mol. The third-order valence-electron chi connectivity index (χ3n) is 3.38. The van der Waals surface area contributed by atoms with E-state index in [0.29, 0.717) is 6.04 Å². The molecular formula is C14H21NO2. The summed E-state index contributed by atoms with van der Waals surface area (Å²) in [6.45, 7) is 6.05. The lowest BCUT2D eigenvalue weighted by Gasteiger charge is -2.28. The van der Waals surface area contributed by atoms with Crippen molar-refractivity contribution in [3.8, 4) is 5.75 Å². The van der Waals surface area contributed by atoms with Crippen LogP contribution in [0, 0.1) is 0 Å². The molecule has 1 aliphatic heterocycles. The van der Waals surface area contributed by atoms with Gasteiger partial charge in [0.15, 0.2) is 0 Å². The van der Waals surface area contributed by atoms with E-state index in [2.05, 4.69) is 31.3 Å². The minimum absolute atomic E-state index is 0.0997. The van der Waals surface area contributed by atoms with Crippen molar-refractivity contribution >= 4 is 0 Å². The number of hydrogen-bond acceptors (Lipinski definition) is 3. The van der Waals surface area contributed by atoms with Crippen molar-refractivity contribution < 1.29 is 9.47 Å². The van der Waals surface area contributed by atoms with Crippen molar-refractivity contribution in [1.29, 1.82) is 0 Å². The molecule has 0 aliphatic carbocycles. The Morgan fingerprint density at radius 3 is 2.94 bits per heavy atom. The molecule has 0 bridgehead atoms. The van der Waals surface area contributed by atoms with Crippen LogP contribution in [0.4, 0.5) is 0 Å². The summed E-state index contributed by atoms with van der Waals surface area (Å²) in [6, 6.07) is 8.50. The second kappa shape index (κ2) is 5.07. The molecule has 1 fully saturated rings. The highest BCUT2D eigenvalue weighted by molar-refractivity contribution is 5.30. The highest BCUT2D eigenvalue weighted by Gasteiger charge is 2.30. The molecule has 3 heteroatoms. The molecule has 0 spiro atoms. The summed E-state index contributed by atoms with van der Waals surface area (Å²) in [5.74, 6) is 0.906. The topological polar surface area (TPSA) is 30.5 Å². The van der Waals surface area contributed by atoms with Gasteiger partial charge in [-0.15, -0.1) is 0 Å². The second-order valence-corrected chi connectivity index (χ2v) is 5.01. The van der Waals surface area contributed by atoms with Crippen molar-refractivity contribution in [3.63, 3.8) is 0 Å². The molecule has 2 rings (SSSR count). The smallest absolute Gasteiger partial charge is 0.119 e. The number of methoxy groups -OCH3 is 1. The lowest BCUT2D eigenvalue weighted by Crippen LogP contribution is -2.44. The Balaban J connectivity index is 2.05.